The third-order valence-corrected chi connectivity index (χ3v) is 3.28. The molecule has 0 amide bonds. The van der Waals surface area contributed by atoms with Crippen molar-refractivity contribution in [2.24, 2.45) is 0 Å². The molecule has 94 valence electrons. The standard InChI is InChI=1S/C16H18O2/c1-11(17-3)9-13-5-6-14-10-15(18-4)7-8-16(14)12(13)2/h5-6,9-10H,1-2,7-8H2,3-4H3/b13-9-. The monoisotopic (exact) mass is 242 g/mol. The van der Waals surface area contributed by atoms with Gasteiger partial charge in [-0.2, -0.15) is 0 Å². The van der Waals surface area contributed by atoms with E-state index in [1.165, 1.54) is 11.1 Å². The molecule has 0 unspecified atom stereocenters. The Hall–Kier alpha value is -1.96. The van der Waals surface area contributed by atoms with Gasteiger partial charge in [0.25, 0.3) is 0 Å². The highest BCUT2D eigenvalue weighted by Gasteiger charge is 2.11. The minimum atomic E-state index is 0.642. The molecule has 1 aliphatic rings. The molecule has 1 aromatic carbocycles. The van der Waals surface area contributed by atoms with Crippen LogP contribution in [0.15, 0.2) is 30.2 Å². The number of fused-ring (bicyclic) bond motifs is 1. The van der Waals surface area contributed by atoms with Crippen LogP contribution in [0.25, 0.3) is 18.7 Å². The van der Waals surface area contributed by atoms with Gasteiger partial charge in [0.1, 0.15) is 5.76 Å². The van der Waals surface area contributed by atoms with E-state index >= 15 is 0 Å². The molecule has 0 heterocycles. The predicted octanol–water partition coefficient (Wildman–Crippen LogP) is 1.97. The van der Waals surface area contributed by atoms with Gasteiger partial charge in [-0.3, -0.25) is 0 Å². The molecule has 0 spiro atoms. The molecular formula is C16H18O2. The third-order valence-electron chi connectivity index (χ3n) is 3.28. The Balaban J connectivity index is 2.54. The van der Waals surface area contributed by atoms with Gasteiger partial charge in [-0.25, -0.2) is 0 Å². The number of allylic oxidation sites excluding steroid dienone is 2. The fourth-order valence-corrected chi connectivity index (χ4v) is 2.18. The largest absolute Gasteiger partial charge is 0.501 e. The summed E-state index contributed by atoms with van der Waals surface area (Å²) in [5.41, 5.74) is 2.48. The maximum Gasteiger partial charge on any atom is 0.112 e. The van der Waals surface area contributed by atoms with Gasteiger partial charge in [0, 0.05) is 6.42 Å². The molecule has 18 heavy (non-hydrogen) atoms. The minimum absolute atomic E-state index is 0.642. The van der Waals surface area contributed by atoms with Gasteiger partial charge in [0.2, 0.25) is 0 Å². The van der Waals surface area contributed by atoms with Crippen LogP contribution >= 0.6 is 0 Å². The van der Waals surface area contributed by atoms with Crippen molar-refractivity contribution in [1.82, 2.24) is 0 Å². The lowest BCUT2D eigenvalue weighted by Crippen LogP contribution is -2.29. The molecule has 0 bridgehead atoms. The lowest BCUT2D eigenvalue weighted by Gasteiger charge is -2.16. The fraction of sp³-hybridized carbons (Fsp3) is 0.250. The second-order valence-electron chi connectivity index (χ2n) is 4.33. The first kappa shape index (κ1) is 12.5. The van der Waals surface area contributed by atoms with Crippen LogP contribution in [0.5, 0.6) is 0 Å². The number of methoxy groups -OCH3 is 2. The number of hydrogen-bond donors (Lipinski definition) is 0. The summed E-state index contributed by atoms with van der Waals surface area (Å²) >= 11 is 0. The second-order valence-corrected chi connectivity index (χ2v) is 4.33. The van der Waals surface area contributed by atoms with E-state index in [-0.39, 0.29) is 0 Å². The molecule has 0 N–H and O–H groups in total. The van der Waals surface area contributed by atoms with Crippen LogP contribution in [0.2, 0.25) is 0 Å². The molecule has 0 aliphatic heterocycles. The quantitative estimate of drug-likeness (QED) is 0.754. The van der Waals surface area contributed by atoms with Crippen LogP contribution < -0.4 is 10.4 Å². The molecule has 0 aromatic heterocycles. The van der Waals surface area contributed by atoms with Crippen molar-refractivity contribution in [1.29, 1.82) is 0 Å². The van der Waals surface area contributed by atoms with Gasteiger partial charge in [-0.05, 0) is 40.1 Å². The van der Waals surface area contributed by atoms with Crippen LogP contribution in [0.1, 0.15) is 17.5 Å². The lowest BCUT2D eigenvalue weighted by molar-refractivity contribution is 0.280. The van der Waals surface area contributed by atoms with Crippen LogP contribution in [0.4, 0.5) is 0 Å². The summed E-state index contributed by atoms with van der Waals surface area (Å²) in [6, 6.07) is 4.14. The molecule has 1 aromatic rings. The molecule has 0 fully saturated rings. The van der Waals surface area contributed by atoms with E-state index in [9.17, 15) is 0 Å². The molecule has 0 saturated carbocycles. The van der Waals surface area contributed by atoms with Crippen LogP contribution in [0, 0.1) is 0 Å². The van der Waals surface area contributed by atoms with Gasteiger partial charge in [0.05, 0.1) is 20.0 Å². The van der Waals surface area contributed by atoms with Crippen LogP contribution in [-0.2, 0) is 15.9 Å². The van der Waals surface area contributed by atoms with E-state index < -0.39 is 0 Å². The Morgan fingerprint density at radius 3 is 2.72 bits per heavy atom. The van der Waals surface area contributed by atoms with E-state index in [2.05, 4.69) is 25.3 Å². The molecule has 0 atom stereocenters. The Kier molecular flexibility index (Phi) is 3.56. The normalized spacial score (nSPS) is 14.8. The summed E-state index contributed by atoms with van der Waals surface area (Å²) < 4.78 is 10.4. The zero-order chi connectivity index (χ0) is 13.1. The van der Waals surface area contributed by atoms with Gasteiger partial charge < -0.3 is 9.47 Å². The van der Waals surface area contributed by atoms with Crippen molar-refractivity contribution in [2.45, 2.75) is 12.8 Å². The van der Waals surface area contributed by atoms with E-state index in [4.69, 9.17) is 9.47 Å². The first-order valence-electron chi connectivity index (χ1n) is 5.95. The Labute approximate surface area is 108 Å². The summed E-state index contributed by atoms with van der Waals surface area (Å²) in [7, 11) is 3.33. The Morgan fingerprint density at radius 1 is 1.28 bits per heavy atom. The van der Waals surface area contributed by atoms with Crippen molar-refractivity contribution in [3.63, 3.8) is 0 Å². The zero-order valence-electron chi connectivity index (χ0n) is 11.0. The van der Waals surface area contributed by atoms with Gasteiger partial charge in [-0.1, -0.05) is 25.3 Å². The molecule has 0 saturated heterocycles. The highest BCUT2D eigenvalue weighted by molar-refractivity contribution is 5.59. The average molecular weight is 242 g/mol. The highest BCUT2D eigenvalue weighted by atomic mass is 16.5. The number of benzene rings is 1. The maximum absolute atomic E-state index is 5.30. The second kappa shape index (κ2) is 5.13. The first-order valence-corrected chi connectivity index (χ1v) is 5.95. The van der Waals surface area contributed by atoms with Crippen LogP contribution in [0.3, 0.4) is 0 Å². The summed E-state index contributed by atoms with van der Waals surface area (Å²) in [5.74, 6) is 1.67. The minimum Gasteiger partial charge on any atom is -0.501 e. The number of rotatable bonds is 3. The maximum atomic E-state index is 5.30. The SMILES string of the molecule is C=C(/C=c1/ccc2c(c1=C)CCC(OC)=C2)OC. The van der Waals surface area contributed by atoms with Crippen molar-refractivity contribution < 1.29 is 9.47 Å². The summed E-state index contributed by atoms with van der Waals surface area (Å²) in [6.45, 7) is 7.98. The third kappa shape index (κ3) is 2.33. The first-order chi connectivity index (χ1) is 8.65. The molecule has 1 aliphatic carbocycles. The molecule has 2 nitrogen and oxygen atoms in total. The molecule has 2 heteroatoms. The van der Waals surface area contributed by atoms with Gasteiger partial charge >= 0.3 is 0 Å². The smallest absolute Gasteiger partial charge is 0.112 e. The fourth-order valence-electron chi connectivity index (χ4n) is 2.18. The Morgan fingerprint density at radius 2 is 2.06 bits per heavy atom. The van der Waals surface area contributed by atoms with E-state index in [1.807, 2.05) is 12.1 Å². The number of hydrogen-bond acceptors (Lipinski definition) is 2. The summed E-state index contributed by atoms with van der Waals surface area (Å²) in [4.78, 5) is 0. The van der Waals surface area contributed by atoms with E-state index in [0.717, 1.165) is 29.0 Å². The topological polar surface area (TPSA) is 18.5 Å². The molecule has 0 radical (unpaired) electrons. The highest BCUT2D eigenvalue weighted by Crippen LogP contribution is 2.20. The summed E-state index contributed by atoms with van der Waals surface area (Å²) in [5, 5.41) is 2.12. The van der Waals surface area contributed by atoms with Crippen molar-refractivity contribution in [2.75, 3.05) is 14.2 Å². The number of ether oxygens (including phenoxy) is 2. The lowest BCUT2D eigenvalue weighted by atomic mass is 9.93. The van der Waals surface area contributed by atoms with Crippen molar-refractivity contribution in [3.05, 3.63) is 51.8 Å². The van der Waals surface area contributed by atoms with Gasteiger partial charge in [-0.15, -0.1) is 0 Å². The van der Waals surface area contributed by atoms with Crippen molar-refractivity contribution in [3.8, 4) is 0 Å². The Bertz CT molecular complexity index is 609. The van der Waals surface area contributed by atoms with E-state index in [0.29, 0.717) is 5.76 Å². The summed E-state index contributed by atoms with van der Waals surface area (Å²) in [6.07, 6.45) is 5.90. The van der Waals surface area contributed by atoms with E-state index in [1.54, 1.807) is 14.2 Å². The predicted molar refractivity (Wildman–Crippen MR) is 75.1 cm³/mol. The molecule has 2 rings (SSSR count). The van der Waals surface area contributed by atoms with Crippen LogP contribution in [-0.4, -0.2) is 14.2 Å². The average Bonchev–Trinajstić information content (AvgIpc) is 2.41. The zero-order valence-corrected chi connectivity index (χ0v) is 11.0. The molecular weight excluding hydrogens is 224 g/mol. The van der Waals surface area contributed by atoms with Crippen molar-refractivity contribution >= 4 is 18.7 Å². The van der Waals surface area contributed by atoms with Gasteiger partial charge in [0.15, 0.2) is 0 Å².